The first kappa shape index (κ1) is 16.4. The molecule has 3 N–H and O–H groups in total. The number of carbonyl (C=O) groups is 3. The summed E-state index contributed by atoms with van der Waals surface area (Å²) < 4.78 is 0. The molecule has 0 aromatic carbocycles. The van der Waals surface area contributed by atoms with E-state index in [1.54, 1.807) is 13.8 Å². The van der Waals surface area contributed by atoms with Crippen LogP contribution in [-0.2, 0) is 9.59 Å². The highest BCUT2D eigenvalue weighted by atomic mass is 16.4. The Morgan fingerprint density at radius 3 is 2.17 bits per heavy atom. The zero-order valence-corrected chi connectivity index (χ0v) is 11.4. The number of urea groups is 1. The average molecular weight is 259 g/mol. The summed E-state index contributed by atoms with van der Waals surface area (Å²) in [7, 11) is 1.39. The van der Waals surface area contributed by atoms with Gasteiger partial charge in [0, 0.05) is 7.05 Å². The minimum Gasteiger partial charge on any atom is -0.480 e. The third-order valence-corrected chi connectivity index (χ3v) is 2.89. The lowest BCUT2D eigenvalue weighted by Crippen LogP contribution is -2.58. The maximum absolute atomic E-state index is 11.8. The van der Waals surface area contributed by atoms with Crippen molar-refractivity contribution >= 4 is 17.9 Å². The van der Waals surface area contributed by atoms with E-state index in [2.05, 4.69) is 10.6 Å². The molecule has 0 rings (SSSR count). The van der Waals surface area contributed by atoms with Crippen LogP contribution in [0.3, 0.4) is 0 Å². The van der Waals surface area contributed by atoms with Gasteiger partial charge in [-0.3, -0.25) is 19.8 Å². The lowest BCUT2D eigenvalue weighted by Gasteiger charge is -2.37. The third-order valence-electron chi connectivity index (χ3n) is 2.89. The van der Waals surface area contributed by atoms with Gasteiger partial charge in [-0.05, 0) is 27.3 Å². The van der Waals surface area contributed by atoms with E-state index in [-0.39, 0.29) is 0 Å². The van der Waals surface area contributed by atoms with E-state index >= 15 is 0 Å². The van der Waals surface area contributed by atoms with E-state index in [9.17, 15) is 14.4 Å². The van der Waals surface area contributed by atoms with E-state index in [1.807, 2.05) is 0 Å². The molecule has 0 radical (unpaired) electrons. The number of nitrogens with one attached hydrogen (secondary N) is 2. The van der Waals surface area contributed by atoms with Crippen LogP contribution in [0.1, 0.15) is 27.7 Å². The molecule has 0 fully saturated rings. The Morgan fingerprint density at radius 1 is 1.33 bits per heavy atom. The number of imide groups is 1. The monoisotopic (exact) mass is 259 g/mol. The summed E-state index contributed by atoms with van der Waals surface area (Å²) in [6, 6.07) is -1.34. The van der Waals surface area contributed by atoms with Gasteiger partial charge in [0.2, 0.25) is 5.91 Å². The number of aliphatic carboxylic acids is 1. The predicted molar refractivity (Wildman–Crippen MR) is 66.2 cm³/mol. The fraction of sp³-hybridized carbons (Fsp3) is 0.727. The van der Waals surface area contributed by atoms with Crippen molar-refractivity contribution in [2.45, 2.75) is 39.3 Å². The van der Waals surface area contributed by atoms with Crippen LogP contribution in [0.5, 0.6) is 0 Å². The lowest BCUT2D eigenvalue weighted by molar-refractivity contribution is -0.152. The van der Waals surface area contributed by atoms with Crippen LogP contribution < -0.4 is 10.6 Å². The highest BCUT2D eigenvalue weighted by Crippen LogP contribution is 2.18. The number of likely N-dealkylation sites (N-methyl/N-ethyl adjacent to an activating group) is 1. The Kier molecular flexibility index (Phi) is 5.77. The standard InChI is InChI=1S/C11H21N3O4/c1-6-14(11(3,4)9(16)17)7(2)8(15)13-10(18)12-5/h7H,6H2,1-5H3,(H,16,17)(H2,12,13,15,18). The fourth-order valence-corrected chi connectivity index (χ4v) is 1.70. The Balaban J connectivity index is 4.92. The molecule has 0 spiro atoms. The second-order valence-corrected chi connectivity index (χ2v) is 4.39. The van der Waals surface area contributed by atoms with Gasteiger partial charge in [-0.2, -0.15) is 0 Å². The van der Waals surface area contributed by atoms with Crippen LogP contribution in [0, 0.1) is 0 Å². The minimum absolute atomic E-state index is 0.377. The van der Waals surface area contributed by atoms with Crippen molar-refractivity contribution in [3.05, 3.63) is 0 Å². The Labute approximate surface area is 107 Å². The molecule has 1 atom stereocenters. The summed E-state index contributed by atoms with van der Waals surface area (Å²) >= 11 is 0. The maximum Gasteiger partial charge on any atom is 0.323 e. The van der Waals surface area contributed by atoms with Gasteiger partial charge in [0.1, 0.15) is 5.54 Å². The summed E-state index contributed by atoms with van der Waals surface area (Å²) in [6.45, 7) is 6.73. The molecule has 0 aliphatic heterocycles. The summed E-state index contributed by atoms with van der Waals surface area (Å²) in [5.74, 6) is -1.56. The molecular weight excluding hydrogens is 238 g/mol. The molecule has 7 nitrogen and oxygen atoms in total. The number of rotatable bonds is 5. The van der Waals surface area contributed by atoms with Gasteiger partial charge in [0.25, 0.3) is 0 Å². The van der Waals surface area contributed by atoms with Crippen LogP contribution >= 0.6 is 0 Å². The third kappa shape index (κ3) is 3.69. The molecule has 0 aromatic rings. The van der Waals surface area contributed by atoms with Crippen molar-refractivity contribution in [2.75, 3.05) is 13.6 Å². The zero-order valence-electron chi connectivity index (χ0n) is 11.4. The molecule has 7 heteroatoms. The summed E-state index contributed by atoms with van der Waals surface area (Å²) in [4.78, 5) is 35.5. The van der Waals surface area contributed by atoms with Crippen LogP contribution in [0.2, 0.25) is 0 Å². The van der Waals surface area contributed by atoms with E-state index in [0.29, 0.717) is 6.54 Å². The first-order valence-corrected chi connectivity index (χ1v) is 5.71. The second kappa shape index (κ2) is 6.34. The molecule has 0 aliphatic carbocycles. The summed E-state index contributed by atoms with van der Waals surface area (Å²) in [6.07, 6.45) is 0. The van der Waals surface area contributed by atoms with Gasteiger partial charge in [0.15, 0.2) is 0 Å². The topological polar surface area (TPSA) is 98.7 Å². The molecule has 104 valence electrons. The largest absolute Gasteiger partial charge is 0.480 e. The molecule has 0 saturated heterocycles. The van der Waals surface area contributed by atoms with Crippen LogP contribution in [0.15, 0.2) is 0 Å². The van der Waals surface area contributed by atoms with Crippen molar-refractivity contribution in [2.24, 2.45) is 0 Å². The maximum atomic E-state index is 11.8. The number of carboxylic acid groups (broad SMARTS) is 1. The number of amides is 3. The van der Waals surface area contributed by atoms with Crippen molar-refractivity contribution in [3.63, 3.8) is 0 Å². The zero-order chi connectivity index (χ0) is 14.5. The molecule has 18 heavy (non-hydrogen) atoms. The first-order valence-electron chi connectivity index (χ1n) is 5.71. The molecule has 0 aromatic heterocycles. The number of nitrogens with zero attached hydrogens (tertiary/aromatic N) is 1. The van der Waals surface area contributed by atoms with E-state index in [1.165, 1.54) is 25.8 Å². The quantitative estimate of drug-likeness (QED) is 0.646. The van der Waals surface area contributed by atoms with Crippen molar-refractivity contribution < 1.29 is 19.5 Å². The van der Waals surface area contributed by atoms with Gasteiger partial charge < -0.3 is 10.4 Å². The molecule has 3 amide bonds. The molecule has 0 bridgehead atoms. The predicted octanol–water partition coefficient (Wildman–Crippen LogP) is 0.0156. The second-order valence-electron chi connectivity index (χ2n) is 4.39. The average Bonchev–Trinajstić information content (AvgIpc) is 2.28. The Hall–Kier alpha value is -1.63. The Bertz CT molecular complexity index is 341. The van der Waals surface area contributed by atoms with E-state index < -0.39 is 29.5 Å². The van der Waals surface area contributed by atoms with Gasteiger partial charge in [0.05, 0.1) is 6.04 Å². The van der Waals surface area contributed by atoms with Crippen molar-refractivity contribution in [1.29, 1.82) is 0 Å². The van der Waals surface area contributed by atoms with E-state index in [0.717, 1.165) is 0 Å². The number of hydrogen-bond acceptors (Lipinski definition) is 4. The number of carbonyl (C=O) groups excluding carboxylic acids is 2. The molecule has 0 saturated carbocycles. The minimum atomic E-state index is -1.19. The molecule has 0 aliphatic rings. The molecular formula is C11H21N3O4. The lowest BCUT2D eigenvalue weighted by atomic mass is 10.0. The first-order chi connectivity index (χ1) is 8.18. The summed E-state index contributed by atoms with van der Waals surface area (Å²) in [5, 5.41) is 13.5. The van der Waals surface area contributed by atoms with Crippen molar-refractivity contribution in [1.82, 2.24) is 15.5 Å². The smallest absolute Gasteiger partial charge is 0.323 e. The Morgan fingerprint density at radius 2 is 1.83 bits per heavy atom. The molecule has 1 unspecified atom stereocenters. The van der Waals surface area contributed by atoms with Crippen LogP contribution in [0.25, 0.3) is 0 Å². The summed E-state index contributed by atoms with van der Waals surface area (Å²) in [5.41, 5.74) is -1.19. The van der Waals surface area contributed by atoms with Gasteiger partial charge >= 0.3 is 12.0 Å². The SMILES string of the molecule is CCN(C(C)C(=O)NC(=O)NC)C(C)(C)C(=O)O. The van der Waals surface area contributed by atoms with Gasteiger partial charge in [-0.1, -0.05) is 6.92 Å². The fourth-order valence-electron chi connectivity index (χ4n) is 1.70. The highest BCUT2D eigenvalue weighted by molar-refractivity contribution is 5.97. The van der Waals surface area contributed by atoms with Crippen LogP contribution in [0.4, 0.5) is 4.79 Å². The highest BCUT2D eigenvalue weighted by Gasteiger charge is 2.38. The number of hydrogen-bond donors (Lipinski definition) is 3. The van der Waals surface area contributed by atoms with Gasteiger partial charge in [-0.15, -0.1) is 0 Å². The van der Waals surface area contributed by atoms with Crippen molar-refractivity contribution in [3.8, 4) is 0 Å². The van der Waals surface area contributed by atoms with Gasteiger partial charge in [-0.25, -0.2) is 4.79 Å². The van der Waals surface area contributed by atoms with Crippen LogP contribution in [-0.4, -0.2) is 53.1 Å². The molecule has 0 heterocycles. The normalized spacial score (nSPS) is 13.0. The number of carboxylic acids is 1. The van der Waals surface area contributed by atoms with E-state index in [4.69, 9.17) is 5.11 Å².